The van der Waals surface area contributed by atoms with E-state index in [1.807, 2.05) is 0 Å². The number of nitrogens with one attached hydrogen (secondary N) is 1. The number of rotatable bonds is 3. The largest absolute Gasteiger partial charge is 0.508 e. The molecule has 0 spiro atoms. The van der Waals surface area contributed by atoms with Gasteiger partial charge in [0.05, 0.1) is 5.00 Å². The second kappa shape index (κ2) is 5.34. The highest BCUT2D eigenvalue weighted by molar-refractivity contribution is 7.18. The van der Waals surface area contributed by atoms with Crippen molar-refractivity contribution in [2.75, 3.05) is 5.32 Å². The summed E-state index contributed by atoms with van der Waals surface area (Å²) < 4.78 is 0. The van der Waals surface area contributed by atoms with Crippen LogP contribution < -0.4 is 5.32 Å². The molecule has 0 fully saturated rings. The number of anilines is 1. The Balaban J connectivity index is 2.21. The molecule has 104 valence electrons. The first-order chi connectivity index (χ1) is 9.38. The maximum atomic E-state index is 12.0. The fourth-order valence-electron chi connectivity index (χ4n) is 1.69. The zero-order valence-electron chi connectivity index (χ0n) is 10.9. The molecule has 0 saturated heterocycles. The van der Waals surface area contributed by atoms with Crippen LogP contribution in [0, 0.1) is 13.8 Å². The summed E-state index contributed by atoms with van der Waals surface area (Å²) in [5, 5.41) is 21.6. The number of carbonyl (C=O) groups is 2. The van der Waals surface area contributed by atoms with Gasteiger partial charge in [0.25, 0.3) is 5.91 Å². The highest BCUT2D eigenvalue weighted by Crippen LogP contribution is 2.27. The molecule has 5 nitrogen and oxygen atoms in total. The first-order valence-electron chi connectivity index (χ1n) is 5.83. The highest BCUT2D eigenvalue weighted by Gasteiger charge is 2.14. The fourth-order valence-corrected chi connectivity index (χ4v) is 2.60. The van der Waals surface area contributed by atoms with E-state index in [2.05, 4.69) is 5.32 Å². The fraction of sp³-hybridized carbons (Fsp3) is 0.143. The molecule has 0 atom stereocenters. The molecule has 0 aliphatic carbocycles. The molecule has 1 heterocycles. The molecular weight excluding hydrogens is 278 g/mol. The van der Waals surface area contributed by atoms with Gasteiger partial charge in [-0.25, -0.2) is 4.79 Å². The van der Waals surface area contributed by atoms with E-state index < -0.39 is 11.9 Å². The predicted molar refractivity (Wildman–Crippen MR) is 76.8 cm³/mol. The van der Waals surface area contributed by atoms with Crippen molar-refractivity contribution in [1.82, 2.24) is 0 Å². The lowest BCUT2D eigenvalue weighted by Crippen LogP contribution is -2.10. The Morgan fingerprint density at radius 2 is 1.85 bits per heavy atom. The van der Waals surface area contributed by atoms with Crippen LogP contribution in [-0.4, -0.2) is 22.1 Å². The molecule has 2 aromatic rings. The molecular formula is C14H13NO4S. The summed E-state index contributed by atoms with van der Waals surface area (Å²) >= 11 is 1.00. The Bertz CT molecular complexity index is 690. The van der Waals surface area contributed by atoms with E-state index in [9.17, 15) is 14.7 Å². The molecule has 2 rings (SSSR count). The average Bonchev–Trinajstić information content (AvgIpc) is 2.73. The zero-order chi connectivity index (χ0) is 14.9. The van der Waals surface area contributed by atoms with Gasteiger partial charge < -0.3 is 15.5 Å². The molecule has 0 saturated carbocycles. The summed E-state index contributed by atoms with van der Waals surface area (Å²) in [5.74, 6) is -1.36. The standard InChI is InChI=1S/C14H13NO4S/c1-7-3-4-9(6-10(7)16)13(17)15-11-5-8(2)12(20-11)14(18)19/h3-6,16H,1-2H3,(H,15,17)(H,18,19). The number of carboxylic acid groups (broad SMARTS) is 1. The molecule has 0 radical (unpaired) electrons. The molecule has 1 aromatic heterocycles. The smallest absolute Gasteiger partial charge is 0.346 e. The van der Waals surface area contributed by atoms with Gasteiger partial charge in [0.2, 0.25) is 0 Å². The van der Waals surface area contributed by atoms with Crippen molar-refractivity contribution >= 4 is 28.2 Å². The Morgan fingerprint density at radius 1 is 1.15 bits per heavy atom. The number of carbonyl (C=O) groups excluding carboxylic acids is 1. The van der Waals surface area contributed by atoms with Gasteiger partial charge in [0.15, 0.2) is 0 Å². The van der Waals surface area contributed by atoms with Crippen molar-refractivity contribution < 1.29 is 19.8 Å². The molecule has 20 heavy (non-hydrogen) atoms. The number of phenolic OH excluding ortho intramolecular Hbond substituents is 1. The summed E-state index contributed by atoms with van der Waals surface area (Å²) in [6.45, 7) is 3.41. The van der Waals surface area contributed by atoms with Crippen LogP contribution in [0.25, 0.3) is 0 Å². The van der Waals surface area contributed by atoms with Crippen molar-refractivity contribution in [3.63, 3.8) is 0 Å². The van der Waals surface area contributed by atoms with Crippen LogP contribution in [0.4, 0.5) is 5.00 Å². The number of benzene rings is 1. The Hall–Kier alpha value is -2.34. The van der Waals surface area contributed by atoms with Crippen LogP contribution in [0.1, 0.15) is 31.2 Å². The lowest BCUT2D eigenvalue weighted by Gasteiger charge is -2.04. The lowest BCUT2D eigenvalue weighted by atomic mass is 10.1. The monoisotopic (exact) mass is 291 g/mol. The molecule has 3 N–H and O–H groups in total. The summed E-state index contributed by atoms with van der Waals surface area (Å²) in [5.41, 5.74) is 1.60. The van der Waals surface area contributed by atoms with Gasteiger partial charge in [-0.05, 0) is 43.2 Å². The van der Waals surface area contributed by atoms with Gasteiger partial charge in [0, 0.05) is 5.56 Å². The Morgan fingerprint density at radius 3 is 2.40 bits per heavy atom. The van der Waals surface area contributed by atoms with Crippen LogP contribution in [0.2, 0.25) is 0 Å². The van der Waals surface area contributed by atoms with Gasteiger partial charge in [-0.3, -0.25) is 4.79 Å². The number of carboxylic acids is 1. The second-order valence-electron chi connectivity index (χ2n) is 4.38. The average molecular weight is 291 g/mol. The van der Waals surface area contributed by atoms with Gasteiger partial charge in [0.1, 0.15) is 10.6 Å². The van der Waals surface area contributed by atoms with E-state index in [-0.39, 0.29) is 10.6 Å². The number of hydrogen-bond donors (Lipinski definition) is 3. The van der Waals surface area contributed by atoms with E-state index in [0.29, 0.717) is 21.7 Å². The normalized spacial score (nSPS) is 10.3. The number of thiophene rings is 1. The zero-order valence-corrected chi connectivity index (χ0v) is 11.7. The minimum absolute atomic E-state index is 0.0474. The molecule has 1 amide bonds. The summed E-state index contributed by atoms with van der Waals surface area (Å²) in [7, 11) is 0. The second-order valence-corrected chi connectivity index (χ2v) is 5.44. The number of aromatic carboxylic acids is 1. The third kappa shape index (κ3) is 2.80. The maximum Gasteiger partial charge on any atom is 0.346 e. The lowest BCUT2D eigenvalue weighted by molar-refractivity contribution is 0.0701. The summed E-state index contributed by atoms with van der Waals surface area (Å²) in [4.78, 5) is 23.1. The molecule has 1 aromatic carbocycles. The third-order valence-corrected chi connectivity index (χ3v) is 3.96. The SMILES string of the molecule is Cc1ccc(C(=O)Nc2cc(C)c(C(=O)O)s2)cc1O. The molecule has 0 bridgehead atoms. The number of amides is 1. The summed E-state index contributed by atoms with van der Waals surface area (Å²) in [6, 6.07) is 6.23. The van der Waals surface area contributed by atoms with Gasteiger partial charge in [-0.1, -0.05) is 6.07 Å². The van der Waals surface area contributed by atoms with E-state index in [4.69, 9.17) is 5.11 Å². The minimum Gasteiger partial charge on any atom is -0.508 e. The molecule has 0 aliphatic rings. The van der Waals surface area contributed by atoms with Crippen molar-refractivity contribution in [1.29, 1.82) is 0 Å². The van der Waals surface area contributed by atoms with Crippen LogP contribution in [0.5, 0.6) is 5.75 Å². The molecule has 0 aliphatic heterocycles. The highest BCUT2D eigenvalue weighted by atomic mass is 32.1. The van der Waals surface area contributed by atoms with Crippen LogP contribution in [0.15, 0.2) is 24.3 Å². The van der Waals surface area contributed by atoms with Crippen molar-refractivity contribution in [2.45, 2.75) is 13.8 Å². The van der Waals surface area contributed by atoms with Crippen molar-refractivity contribution in [3.8, 4) is 5.75 Å². The quantitative estimate of drug-likeness (QED) is 0.811. The summed E-state index contributed by atoms with van der Waals surface area (Å²) in [6.07, 6.45) is 0. The van der Waals surface area contributed by atoms with E-state index >= 15 is 0 Å². The molecule has 0 unspecified atom stereocenters. The third-order valence-electron chi connectivity index (χ3n) is 2.82. The predicted octanol–water partition coefficient (Wildman–Crippen LogP) is 3.02. The van der Waals surface area contributed by atoms with E-state index in [1.165, 1.54) is 6.07 Å². The van der Waals surface area contributed by atoms with Crippen LogP contribution in [0.3, 0.4) is 0 Å². The topological polar surface area (TPSA) is 86.6 Å². The van der Waals surface area contributed by atoms with E-state index in [0.717, 1.165) is 11.3 Å². The van der Waals surface area contributed by atoms with Gasteiger partial charge >= 0.3 is 5.97 Å². The Labute approximate surface area is 119 Å². The first kappa shape index (κ1) is 14.1. The molecule has 6 heteroatoms. The number of aryl methyl sites for hydroxylation is 2. The first-order valence-corrected chi connectivity index (χ1v) is 6.65. The minimum atomic E-state index is -1.01. The number of aromatic hydroxyl groups is 1. The van der Waals surface area contributed by atoms with Gasteiger partial charge in [-0.15, -0.1) is 11.3 Å². The number of phenols is 1. The van der Waals surface area contributed by atoms with Crippen molar-refractivity contribution in [2.24, 2.45) is 0 Å². The van der Waals surface area contributed by atoms with E-state index in [1.54, 1.807) is 32.0 Å². The van der Waals surface area contributed by atoms with Crippen LogP contribution in [-0.2, 0) is 0 Å². The van der Waals surface area contributed by atoms with Gasteiger partial charge in [-0.2, -0.15) is 0 Å². The van der Waals surface area contributed by atoms with Crippen LogP contribution >= 0.6 is 11.3 Å². The maximum absolute atomic E-state index is 12.0. The Kier molecular flexibility index (Phi) is 3.76. The van der Waals surface area contributed by atoms with Crippen molar-refractivity contribution in [3.05, 3.63) is 45.8 Å². The number of hydrogen-bond acceptors (Lipinski definition) is 4.